The van der Waals surface area contributed by atoms with Crippen LogP contribution in [0.15, 0.2) is 5.16 Å². The SMILES string of the molecule is COCCON=C1CCC(C(C)C)CC1. The normalized spacial score (nSPS) is 21.9. The summed E-state index contributed by atoms with van der Waals surface area (Å²) in [4.78, 5) is 5.17. The van der Waals surface area contributed by atoms with Gasteiger partial charge in [0.15, 0.2) is 0 Å². The Bertz CT molecular complexity index is 192. The van der Waals surface area contributed by atoms with Gasteiger partial charge >= 0.3 is 0 Å². The maximum Gasteiger partial charge on any atom is 0.140 e. The van der Waals surface area contributed by atoms with Gasteiger partial charge in [-0.05, 0) is 37.5 Å². The lowest BCUT2D eigenvalue weighted by Crippen LogP contribution is -2.18. The molecule has 15 heavy (non-hydrogen) atoms. The molecule has 88 valence electrons. The zero-order valence-corrected chi connectivity index (χ0v) is 10.2. The number of hydrogen-bond acceptors (Lipinski definition) is 3. The number of hydrogen-bond donors (Lipinski definition) is 0. The Hall–Kier alpha value is -0.570. The smallest absolute Gasteiger partial charge is 0.140 e. The summed E-state index contributed by atoms with van der Waals surface area (Å²) in [5.41, 5.74) is 1.23. The van der Waals surface area contributed by atoms with Gasteiger partial charge in [-0.1, -0.05) is 19.0 Å². The first-order valence-electron chi connectivity index (χ1n) is 5.90. The largest absolute Gasteiger partial charge is 0.393 e. The van der Waals surface area contributed by atoms with E-state index in [0.29, 0.717) is 13.2 Å². The van der Waals surface area contributed by atoms with Gasteiger partial charge in [-0.25, -0.2) is 0 Å². The molecule has 0 spiro atoms. The van der Waals surface area contributed by atoms with Crippen LogP contribution in [0.2, 0.25) is 0 Å². The highest BCUT2D eigenvalue weighted by Gasteiger charge is 2.20. The number of ether oxygens (including phenoxy) is 1. The molecule has 0 bridgehead atoms. The minimum absolute atomic E-state index is 0.563. The van der Waals surface area contributed by atoms with Crippen LogP contribution in [0, 0.1) is 11.8 Å². The average Bonchev–Trinajstić information content (AvgIpc) is 2.25. The Morgan fingerprint density at radius 1 is 1.27 bits per heavy atom. The van der Waals surface area contributed by atoms with Crippen LogP contribution in [0.5, 0.6) is 0 Å². The van der Waals surface area contributed by atoms with Gasteiger partial charge in [-0.3, -0.25) is 0 Å². The molecule has 0 aromatic carbocycles. The number of methoxy groups -OCH3 is 1. The Kier molecular flexibility index (Phi) is 5.69. The second-order valence-electron chi connectivity index (χ2n) is 4.56. The average molecular weight is 213 g/mol. The highest BCUT2D eigenvalue weighted by molar-refractivity contribution is 5.84. The fourth-order valence-electron chi connectivity index (χ4n) is 1.99. The van der Waals surface area contributed by atoms with Gasteiger partial charge in [0.05, 0.1) is 12.3 Å². The summed E-state index contributed by atoms with van der Waals surface area (Å²) in [6, 6.07) is 0. The summed E-state index contributed by atoms with van der Waals surface area (Å²) in [5.74, 6) is 1.68. The molecule has 3 heteroatoms. The maximum atomic E-state index is 5.17. The van der Waals surface area contributed by atoms with E-state index in [1.165, 1.54) is 18.6 Å². The van der Waals surface area contributed by atoms with Gasteiger partial charge in [0.1, 0.15) is 6.61 Å². The van der Waals surface area contributed by atoms with Crippen LogP contribution in [-0.4, -0.2) is 26.0 Å². The Morgan fingerprint density at radius 2 is 1.93 bits per heavy atom. The zero-order chi connectivity index (χ0) is 11.1. The van der Waals surface area contributed by atoms with Gasteiger partial charge in [0.2, 0.25) is 0 Å². The topological polar surface area (TPSA) is 30.8 Å². The van der Waals surface area contributed by atoms with Gasteiger partial charge in [-0.2, -0.15) is 0 Å². The molecular weight excluding hydrogens is 190 g/mol. The van der Waals surface area contributed by atoms with Crippen LogP contribution in [0.4, 0.5) is 0 Å². The van der Waals surface area contributed by atoms with E-state index in [9.17, 15) is 0 Å². The Labute approximate surface area is 92.8 Å². The van der Waals surface area contributed by atoms with E-state index < -0.39 is 0 Å². The molecule has 0 N–H and O–H groups in total. The molecule has 3 nitrogen and oxygen atoms in total. The molecule has 0 aromatic rings. The lowest BCUT2D eigenvalue weighted by Gasteiger charge is -2.25. The zero-order valence-electron chi connectivity index (χ0n) is 10.2. The van der Waals surface area contributed by atoms with E-state index in [1.807, 2.05) is 0 Å². The molecule has 1 aliphatic carbocycles. The Balaban J connectivity index is 2.18. The summed E-state index contributed by atoms with van der Waals surface area (Å²) >= 11 is 0. The molecule has 0 heterocycles. The minimum Gasteiger partial charge on any atom is -0.393 e. The van der Waals surface area contributed by atoms with Crippen molar-refractivity contribution in [1.29, 1.82) is 0 Å². The van der Waals surface area contributed by atoms with Crippen LogP contribution in [0.1, 0.15) is 39.5 Å². The fraction of sp³-hybridized carbons (Fsp3) is 0.917. The quantitative estimate of drug-likeness (QED) is 0.519. The standard InChI is InChI=1S/C12H23NO2/c1-10(2)11-4-6-12(7-5-11)13-15-9-8-14-3/h10-11H,4-9H2,1-3H3. The van der Waals surface area contributed by atoms with E-state index in [2.05, 4.69) is 19.0 Å². The molecule has 0 radical (unpaired) electrons. The summed E-state index contributed by atoms with van der Waals surface area (Å²) in [6.07, 6.45) is 4.75. The van der Waals surface area contributed by atoms with Crippen LogP contribution < -0.4 is 0 Å². The van der Waals surface area contributed by atoms with Crippen molar-refractivity contribution >= 4 is 5.71 Å². The molecule has 0 aromatic heterocycles. The van der Waals surface area contributed by atoms with Crippen LogP contribution >= 0.6 is 0 Å². The summed E-state index contributed by atoms with van der Waals surface area (Å²) in [6.45, 7) is 5.79. The third-order valence-electron chi connectivity index (χ3n) is 3.12. The van der Waals surface area contributed by atoms with Crippen LogP contribution in [0.25, 0.3) is 0 Å². The second kappa shape index (κ2) is 6.83. The van der Waals surface area contributed by atoms with Crippen molar-refractivity contribution in [1.82, 2.24) is 0 Å². The molecular formula is C12H23NO2. The maximum absolute atomic E-state index is 5.17. The third kappa shape index (κ3) is 4.65. The van der Waals surface area contributed by atoms with Crippen molar-refractivity contribution in [3.8, 4) is 0 Å². The molecule has 0 unspecified atom stereocenters. The number of nitrogens with zero attached hydrogens (tertiary/aromatic N) is 1. The highest BCUT2D eigenvalue weighted by Crippen LogP contribution is 2.28. The summed E-state index contributed by atoms with van der Waals surface area (Å²) < 4.78 is 4.89. The van der Waals surface area contributed by atoms with E-state index >= 15 is 0 Å². The molecule has 0 amide bonds. The van der Waals surface area contributed by atoms with Gasteiger partial charge in [0, 0.05) is 7.11 Å². The predicted octanol–water partition coefficient (Wildman–Crippen LogP) is 2.85. The molecule has 0 atom stereocenters. The monoisotopic (exact) mass is 213 g/mol. The van der Waals surface area contributed by atoms with Gasteiger partial charge < -0.3 is 9.57 Å². The minimum atomic E-state index is 0.563. The first kappa shape index (κ1) is 12.5. The lowest BCUT2D eigenvalue weighted by atomic mass is 9.81. The van der Waals surface area contributed by atoms with Crippen molar-refractivity contribution < 1.29 is 9.57 Å². The van der Waals surface area contributed by atoms with Gasteiger partial charge in [0.25, 0.3) is 0 Å². The lowest BCUT2D eigenvalue weighted by molar-refractivity contribution is 0.0739. The summed E-state index contributed by atoms with van der Waals surface area (Å²) in [7, 11) is 1.67. The third-order valence-corrected chi connectivity index (χ3v) is 3.12. The van der Waals surface area contributed by atoms with Crippen molar-refractivity contribution in [2.75, 3.05) is 20.3 Å². The van der Waals surface area contributed by atoms with E-state index in [-0.39, 0.29) is 0 Å². The van der Waals surface area contributed by atoms with Crippen molar-refractivity contribution in [2.45, 2.75) is 39.5 Å². The first-order valence-corrected chi connectivity index (χ1v) is 5.90. The molecule has 1 rings (SSSR count). The predicted molar refractivity (Wildman–Crippen MR) is 62.1 cm³/mol. The van der Waals surface area contributed by atoms with Crippen LogP contribution in [0.3, 0.4) is 0 Å². The van der Waals surface area contributed by atoms with Crippen LogP contribution in [-0.2, 0) is 9.57 Å². The second-order valence-corrected chi connectivity index (χ2v) is 4.56. The first-order chi connectivity index (χ1) is 7.24. The number of rotatable bonds is 5. The fourth-order valence-corrected chi connectivity index (χ4v) is 1.99. The van der Waals surface area contributed by atoms with Crippen molar-refractivity contribution in [3.63, 3.8) is 0 Å². The molecule has 0 saturated heterocycles. The molecule has 0 aliphatic heterocycles. The highest BCUT2D eigenvalue weighted by atomic mass is 16.6. The van der Waals surface area contributed by atoms with E-state index in [0.717, 1.165) is 24.7 Å². The molecule has 1 fully saturated rings. The molecule has 1 aliphatic rings. The Morgan fingerprint density at radius 3 is 2.47 bits per heavy atom. The number of oxime groups is 1. The van der Waals surface area contributed by atoms with Gasteiger partial charge in [-0.15, -0.1) is 0 Å². The molecule has 1 saturated carbocycles. The van der Waals surface area contributed by atoms with E-state index in [1.54, 1.807) is 7.11 Å². The van der Waals surface area contributed by atoms with Crippen molar-refractivity contribution in [2.24, 2.45) is 17.0 Å². The summed E-state index contributed by atoms with van der Waals surface area (Å²) in [5, 5.41) is 4.15. The van der Waals surface area contributed by atoms with E-state index in [4.69, 9.17) is 9.57 Å². The van der Waals surface area contributed by atoms with Crippen molar-refractivity contribution in [3.05, 3.63) is 0 Å².